The zero-order valence-electron chi connectivity index (χ0n) is 18.1. The van der Waals surface area contributed by atoms with Gasteiger partial charge in [-0.25, -0.2) is 4.79 Å². The summed E-state index contributed by atoms with van der Waals surface area (Å²) in [7, 11) is 5.38. The SMILES string of the molecule is COc1ccccc1OC.Cc1ncccc1C(=O)OC1=CC2C(CC1)CCN2C. The van der Waals surface area contributed by atoms with Crippen molar-refractivity contribution in [3.05, 3.63) is 65.7 Å². The van der Waals surface area contributed by atoms with E-state index in [1.807, 2.05) is 31.2 Å². The van der Waals surface area contributed by atoms with E-state index in [0.717, 1.165) is 42.6 Å². The van der Waals surface area contributed by atoms with Gasteiger partial charge in [0.05, 0.1) is 25.5 Å². The Hall–Kier alpha value is -2.86. The molecular formula is C24H30N2O4. The number of likely N-dealkylation sites (tertiary alicyclic amines) is 1. The number of para-hydroxylation sites is 2. The first-order chi connectivity index (χ1) is 14.5. The molecule has 30 heavy (non-hydrogen) atoms. The topological polar surface area (TPSA) is 60.9 Å². The number of hydrogen-bond donors (Lipinski definition) is 0. The van der Waals surface area contributed by atoms with E-state index >= 15 is 0 Å². The van der Waals surface area contributed by atoms with Gasteiger partial charge in [0.15, 0.2) is 11.5 Å². The van der Waals surface area contributed by atoms with E-state index in [1.54, 1.807) is 32.5 Å². The predicted molar refractivity (Wildman–Crippen MR) is 116 cm³/mol. The molecule has 4 rings (SSSR count). The Bertz CT molecular complexity index is 873. The first-order valence-electron chi connectivity index (χ1n) is 10.2. The number of ether oxygens (including phenoxy) is 3. The molecule has 2 heterocycles. The third kappa shape index (κ3) is 5.19. The average molecular weight is 411 g/mol. The lowest BCUT2D eigenvalue weighted by Gasteiger charge is -2.27. The van der Waals surface area contributed by atoms with Gasteiger partial charge >= 0.3 is 5.97 Å². The summed E-state index contributed by atoms with van der Waals surface area (Å²) in [6.45, 7) is 2.96. The summed E-state index contributed by atoms with van der Waals surface area (Å²) in [5.41, 5.74) is 1.26. The monoisotopic (exact) mass is 410 g/mol. The molecule has 2 aliphatic rings. The molecule has 1 aromatic carbocycles. The molecular weight excluding hydrogens is 380 g/mol. The molecule has 0 N–H and O–H groups in total. The Morgan fingerprint density at radius 2 is 1.77 bits per heavy atom. The van der Waals surface area contributed by atoms with Crippen molar-refractivity contribution in [3.8, 4) is 11.5 Å². The number of fused-ring (bicyclic) bond motifs is 1. The summed E-state index contributed by atoms with van der Waals surface area (Å²) in [6.07, 6.45) is 7.04. The van der Waals surface area contributed by atoms with Crippen molar-refractivity contribution in [2.24, 2.45) is 5.92 Å². The zero-order valence-corrected chi connectivity index (χ0v) is 18.1. The van der Waals surface area contributed by atoms with Crippen LogP contribution in [0, 0.1) is 12.8 Å². The molecule has 6 heteroatoms. The van der Waals surface area contributed by atoms with Crippen LogP contribution in [0.2, 0.25) is 0 Å². The van der Waals surface area contributed by atoms with Crippen molar-refractivity contribution in [2.45, 2.75) is 32.2 Å². The van der Waals surface area contributed by atoms with Crippen LogP contribution in [0.4, 0.5) is 0 Å². The van der Waals surface area contributed by atoms with E-state index < -0.39 is 0 Å². The van der Waals surface area contributed by atoms with Gasteiger partial charge in [0.1, 0.15) is 5.76 Å². The van der Waals surface area contributed by atoms with E-state index in [4.69, 9.17) is 14.2 Å². The molecule has 0 amide bonds. The van der Waals surface area contributed by atoms with Crippen LogP contribution >= 0.6 is 0 Å². The van der Waals surface area contributed by atoms with Crippen LogP contribution in [0.1, 0.15) is 35.3 Å². The number of pyridine rings is 1. The van der Waals surface area contributed by atoms with Crippen molar-refractivity contribution in [2.75, 3.05) is 27.8 Å². The minimum absolute atomic E-state index is 0.291. The van der Waals surface area contributed by atoms with E-state index in [2.05, 4.69) is 23.0 Å². The van der Waals surface area contributed by atoms with Gasteiger partial charge in [-0.15, -0.1) is 0 Å². The molecule has 1 aliphatic heterocycles. The van der Waals surface area contributed by atoms with Gasteiger partial charge < -0.3 is 14.2 Å². The fraction of sp³-hybridized carbons (Fsp3) is 0.417. The Labute approximate surface area is 178 Å². The van der Waals surface area contributed by atoms with Crippen molar-refractivity contribution in [1.82, 2.24) is 9.88 Å². The van der Waals surface area contributed by atoms with Crippen LogP contribution in [0.3, 0.4) is 0 Å². The molecule has 6 nitrogen and oxygen atoms in total. The summed E-state index contributed by atoms with van der Waals surface area (Å²) in [4.78, 5) is 18.7. The maximum Gasteiger partial charge on any atom is 0.345 e. The molecule has 1 fully saturated rings. The maximum absolute atomic E-state index is 12.2. The van der Waals surface area contributed by atoms with E-state index in [0.29, 0.717) is 17.3 Å². The highest BCUT2D eigenvalue weighted by molar-refractivity contribution is 5.91. The summed E-state index contributed by atoms with van der Waals surface area (Å²) in [5.74, 6) is 2.78. The molecule has 0 bridgehead atoms. The summed E-state index contributed by atoms with van der Waals surface area (Å²) in [6, 6.07) is 11.5. The van der Waals surface area contributed by atoms with Gasteiger partial charge in [0.2, 0.25) is 0 Å². The largest absolute Gasteiger partial charge is 0.493 e. The smallest absolute Gasteiger partial charge is 0.345 e. The number of carbonyl (C=O) groups is 1. The minimum atomic E-state index is -0.291. The molecule has 1 aliphatic carbocycles. The maximum atomic E-state index is 12.2. The van der Waals surface area contributed by atoms with Gasteiger partial charge in [-0.1, -0.05) is 12.1 Å². The second kappa shape index (κ2) is 10.3. The van der Waals surface area contributed by atoms with Crippen molar-refractivity contribution >= 4 is 5.97 Å². The Morgan fingerprint density at radius 1 is 1.07 bits per heavy atom. The number of allylic oxidation sites excluding steroid dienone is 1. The summed E-state index contributed by atoms with van der Waals surface area (Å²) < 4.78 is 15.6. The van der Waals surface area contributed by atoms with Crippen molar-refractivity contribution < 1.29 is 19.0 Å². The number of aromatic nitrogens is 1. The van der Waals surface area contributed by atoms with E-state index in [1.165, 1.54) is 6.42 Å². The van der Waals surface area contributed by atoms with Crippen LogP contribution in [0.5, 0.6) is 11.5 Å². The number of aryl methyl sites for hydroxylation is 1. The molecule has 2 unspecified atom stereocenters. The van der Waals surface area contributed by atoms with Crippen LogP contribution in [-0.2, 0) is 4.74 Å². The second-order valence-corrected chi connectivity index (χ2v) is 7.57. The van der Waals surface area contributed by atoms with Crippen molar-refractivity contribution in [1.29, 1.82) is 0 Å². The number of carbonyl (C=O) groups excluding carboxylic acids is 1. The number of benzene rings is 1. The number of esters is 1. The quantitative estimate of drug-likeness (QED) is 0.703. The average Bonchev–Trinajstić information content (AvgIpc) is 3.14. The normalized spacial score (nSPS) is 20.3. The number of rotatable bonds is 4. The molecule has 1 aromatic heterocycles. The van der Waals surface area contributed by atoms with Crippen molar-refractivity contribution in [3.63, 3.8) is 0 Å². The van der Waals surface area contributed by atoms with Crippen LogP contribution in [0.15, 0.2) is 54.4 Å². The van der Waals surface area contributed by atoms with Crippen LogP contribution in [0.25, 0.3) is 0 Å². The van der Waals surface area contributed by atoms with Crippen LogP contribution in [-0.4, -0.2) is 49.7 Å². The zero-order chi connectivity index (χ0) is 21.5. The highest BCUT2D eigenvalue weighted by atomic mass is 16.5. The second-order valence-electron chi connectivity index (χ2n) is 7.57. The first-order valence-corrected chi connectivity index (χ1v) is 10.2. The lowest BCUT2D eigenvalue weighted by atomic mass is 9.89. The fourth-order valence-electron chi connectivity index (χ4n) is 3.98. The fourth-order valence-corrected chi connectivity index (χ4v) is 3.98. The standard InChI is InChI=1S/C16H20N2O2.C8H10O2/c1-11-14(4-3-8-17-11)16(19)20-13-6-5-12-7-9-18(2)15(12)10-13;1-9-7-5-3-4-6-8(7)10-2/h3-4,8,10,12,15H,5-7,9H2,1-2H3;3-6H,1-2H3. The highest BCUT2D eigenvalue weighted by Crippen LogP contribution is 2.34. The molecule has 0 saturated carbocycles. The molecule has 1 saturated heterocycles. The number of methoxy groups -OCH3 is 2. The summed E-state index contributed by atoms with van der Waals surface area (Å²) >= 11 is 0. The van der Waals surface area contributed by atoms with Gasteiger partial charge in [-0.3, -0.25) is 9.88 Å². The molecule has 160 valence electrons. The van der Waals surface area contributed by atoms with E-state index in [9.17, 15) is 4.79 Å². The summed E-state index contributed by atoms with van der Waals surface area (Å²) in [5, 5.41) is 0. The Morgan fingerprint density at radius 3 is 2.40 bits per heavy atom. The molecule has 0 spiro atoms. The number of nitrogens with zero attached hydrogens (tertiary/aromatic N) is 2. The van der Waals surface area contributed by atoms with E-state index in [-0.39, 0.29) is 5.97 Å². The highest BCUT2D eigenvalue weighted by Gasteiger charge is 2.34. The number of hydrogen-bond acceptors (Lipinski definition) is 6. The van der Waals surface area contributed by atoms with Gasteiger partial charge in [-0.2, -0.15) is 0 Å². The number of likely N-dealkylation sites (N-methyl/N-ethyl adjacent to an activating group) is 1. The molecule has 0 radical (unpaired) electrons. The lowest BCUT2D eigenvalue weighted by molar-refractivity contribution is 0.0597. The third-order valence-electron chi connectivity index (χ3n) is 5.70. The predicted octanol–water partition coefficient (Wildman–Crippen LogP) is 4.25. The van der Waals surface area contributed by atoms with Gasteiger partial charge in [0, 0.05) is 18.7 Å². The van der Waals surface area contributed by atoms with Gasteiger partial charge in [0.25, 0.3) is 0 Å². The minimum Gasteiger partial charge on any atom is -0.493 e. The Kier molecular flexibility index (Phi) is 7.46. The first kappa shape index (κ1) is 21.8. The Balaban J connectivity index is 0.000000216. The lowest BCUT2D eigenvalue weighted by Crippen LogP contribution is -2.30. The van der Waals surface area contributed by atoms with Gasteiger partial charge in [-0.05, 0) is 69.6 Å². The molecule has 2 atom stereocenters. The molecule has 2 aromatic rings. The third-order valence-corrected chi connectivity index (χ3v) is 5.70. The van der Waals surface area contributed by atoms with Crippen LogP contribution < -0.4 is 9.47 Å².